The predicted octanol–water partition coefficient (Wildman–Crippen LogP) is 0.465. The molecule has 2 aromatic rings. The molecule has 1 aromatic heterocycles. The van der Waals surface area contributed by atoms with Crippen LogP contribution >= 0.6 is 0 Å². The lowest BCUT2D eigenvalue weighted by atomic mass is 10.1. The van der Waals surface area contributed by atoms with Gasteiger partial charge < -0.3 is 24.8 Å². The number of aliphatic carboxylic acids is 1. The molecule has 3 rings (SSSR count). The van der Waals surface area contributed by atoms with E-state index in [0.29, 0.717) is 0 Å². The molecule has 9 heteroatoms. The summed E-state index contributed by atoms with van der Waals surface area (Å²) in [7, 11) is 0. The molecule has 0 saturated heterocycles. The van der Waals surface area contributed by atoms with Crippen LogP contribution in [0.25, 0.3) is 15.7 Å². The van der Waals surface area contributed by atoms with E-state index >= 15 is 0 Å². The third-order valence-electron chi connectivity index (χ3n) is 3.64. The van der Waals surface area contributed by atoms with Gasteiger partial charge in [0.25, 0.3) is 11.5 Å². The number of ether oxygens (including phenoxy) is 1. The largest absolute Gasteiger partial charge is 0.506 e. The number of benzene rings is 1. The lowest BCUT2D eigenvalue weighted by Crippen LogP contribution is -2.37. The molecule has 0 aliphatic carbocycles. The molecule has 0 spiro atoms. The second-order valence-electron chi connectivity index (χ2n) is 5.03. The maximum atomic E-state index is 12.6. The highest BCUT2D eigenvalue weighted by Gasteiger charge is 2.27. The highest BCUT2D eigenvalue weighted by molar-refractivity contribution is 6.05. The number of carboxylic acids is 1. The minimum absolute atomic E-state index is 0.134. The van der Waals surface area contributed by atoms with E-state index in [2.05, 4.69) is 10.2 Å². The van der Waals surface area contributed by atoms with E-state index in [1.807, 2.05) is 0 Å². The maximum absolute atomic E-state index is 12.6. The first kappa shape index (κ1) is 15.4. The van der Waals surface area contributed by atoms with Crippen LogP contribution in [-0.4, -0.2) is 39.8 Å². The van der Waals surface area contributed by atoms with Crippen LogP contribution < -0.4 is 15.6 Å². The molecule has 24 heavy (non-hydrogen) atoms. The molecule has 1 aromatic carbocycles. The molecule has 3 N–H and O–H groups in total. The molecule has 1 aliphatic heterocycles. The van der Waals surface area contributed by atoms with E-state index in [0.717, 1.165) is 0 Å². The van der Waals surface area contributed by atoms with Gasteiger partial charge in [-0.2, -0.15) is 0 Å². The first-order valence-electron chi connectivity index (χ1n) is 6.88. The fourth-order valence-electron chi connectivity index (χ4n) is 2.62. The van der Waals surface area contributed by atoms with Gasteiger partial charge in [-0.05, 0) is 0 Å². The van der Waals surface area contributed by atoms with Gasteiger partial charge in [0.2, 0.25) is 5.69 Å². The Kier molecular flexibility index (Phi) is 3.57. The van der Waals surface area contributed by atoms with E-state index in [9.17, 15) is 19.5 Å². The number of aromatic hydroxyl groups is 1. The maximum Gasteiger partial charge on any atom is 0.322 e. The van der Waals surface area contributed by atoms with Crippen molar-refractivity contribution in [2.24, 2.45) is 0 Å². The number of rotatable bonds is 3. The number of hydrogen-bond acceptors (Lipinski definition) is 5. The topological polar surface area (TPSA) is 122 Å². The second kappa shape index (κ2) is 5.58. The number of hydrogen-bond donors (Lipinski definition) is 3. The molecule has 1 amide bonds. The van der Waals surface area contributed by atoms with Gasteiger partial charge in [0.1, 0.15) is 24.5 Å². The Morgan fingerprint density at radius 3 is 2.83 bits per heavy atom. The van der Waals surface area contributed by atoms with Crippen molar-refractivity contribution in [2.75, 3.05) is 13.2 Å². The van der Waals surface area contributed by atoms with Crippen LogP contribution in [0.2, 0.25) is 0 Å². The van der Waals surface area contributed by atoms with Gasteiger partial charge in [-0.25, -0.2) is 4.85 Å². The normalized spacial score (nSPS) is 12.3. The number of pyridine rings is 1. The van der Waals surface area contributed by atoms with E-state index in [1.54, 1.807) is 0 Å². The van der Waals surface area contributed by atoms with Gasteiger partial charge >= 0.3 is 5.97 Å². The van der Waals surface area contributed by atoms with Crippen LogP contribution in [0, 0.1) is 6.57 Å². The third kappa shape index (κ3) is 2.21. The quantitative estimate of drug-likeness (QED) is 0.703. The summed E-state index contributed by atoms with van der Waals surface area (Å²) in [6.45, 7) is 6.74. The summed E-state index contributed by atoms with van der Waals surface area (Å²) in [5.74, 6) is -2.65. The molecule has 9 nitrogen and oxygen atoms in total. The summed E-state index contributed by atoms with van der Waals surface area (Å²) in [6, 6.07) is 2.84. The number of aromatic nitrogens is 1. The zero-order valence-electron chi connectivity index (χ0n) is 12.2. The average molecular weight is 329 g/mol. The fraction of sp³-hybridized carbons (Fsp3) is 0.200. The Morgan fingerprint density at radius 2 is 2.17 bits per heavy atom. The van der Waals surface area contributed by atoms with Crippen LogP contribution in [0.5, 0.6) is 11.5 Å². The van der Waals surface area contributed by atoms with Crippen LogP contribution in [0.3, 0.4) is 0 Å². The number of nitrogens with zero attached hydrogens (tertiary/aromatic N) is 2. The van der Waals surface area contributed by atoms with Crippen molar-refractivity contribution >= 4 is 28.5 Å². The van der Waals surface area contributed by atoms with Crippen molar-refractivity contribution in [1.29, 1.82) is 0 Å². The average Bonchev–Trinajstić information content (AvgIpc) is 2.57. The van der Waals surface area contributed by atoms with Gasteiger partial charge in [0.15, 0.2) is 5.75 Å². The van der Waals surface area contributed by atoms with E-state index in [1.165, 1.54) is 16.7 Å². The Labute approximate surface area is 134 Å². The molecular formula is C15H11N3O6. The van der Waals surface area contributed by atoms with Gasteiger partial charge in [-0.1, -0.05) is 12.1 Å². The molecule has 0 bridgehead atoms. The van der Waals surface area contributed by atoms with E-state index < -0.39 is 35.3 Å². The number of carbonyl (C=O) groups is 2. The highest BCUT2D eigenvalue weighted by atomic mass is 16.5. The van der Waals surface area contributed by atoms with Crippen molar-refractivity contribution in [2.45, 2.75) is 6.54 Å². The smallest absolute Gasteiger partial charge is 0.322 e. The second-order valence-corrected chi connectivity index (χ2v) is 5.03. The Morgan fingerprint density at radius 1 is 1.42 bits per heavy atom. The minimum Gasteiger partial charge on any atom is -0.506 e. The zero-order valence-corrected chi connectivity index (χ0v) is 12.2. The predicted molar refractivity (Wildman–Crippen MR) is 81.6 cm³/mol. The van der Waals surface area contributed by atoms with Crippen molar-refractivity contribution in [3.63, 3.8) is 0 Å². The van der Waals surface area contributed by atoms with E-state index in [-0.39, 0.29) is 35.5 Å². The minimum atomic E-state index is -1.28. The van der Waals surface area contributed by atoms with Gasteiger partial charge in [-0.3, -0.25) is 14.4 Å². The summed E-state index contributed by atoms with van der Waals surface area (Å²) >= 11 is 0. The monoisotopic (exact) mass is 329 g/mol. The van der Waals surface area contributed by atoms with Crippen LogP contribution in [-0.2, 0) is 11.3 Å². The van der Waals surface area contributed by atoms with Crippen LogP contribution in [0.4, 0.5) is 5.69 Å². The molecule has 0 unspecified atom stereocenters. The number of amides is 1. The molecule has 2 heterocycles. The van der Waals surface area contributed by atoms with E-state index in [4.69, 9.17) is 16.4 Å². The fourth-order valence-corrected chi connectivity index (χ4v) is 2.62. The molecule has 122 valence electrons. The number of carbonyl (C=O) groups excluding carboxylic acids is 1. The molecule has 0 radical (unpaired) electrons. The SMILES string of the molecule is [C-]#[N+]c1ccc2c(O)c(C(=O)NCC(=O)O)c(=O)n3c2c1OCC3. The first-order valence-corrected chi connectivity index (χ1v) is 6.88. The number of carboxylic acid groups (broad SMARTS) is 1. The summed E-state index contributed by atoms with van der Waals surface area (Å²) in [4.78, 5) is 38.5. The molecule has 0 fully saturated rings. The van der Waals surface area contributed by atoms with Gasteiger partial charge in [0, 0.05) is 5.39 Å². The van der Waals surface area contributed by atoms with Crippen molar-refractivity contribution in [3.8, 4) is 11.5 Å². The third-order valence-corrected chi connectivity index (χ3v) is 3.64. The molecule has 1 aliphatic rings. The van der Waals surface area contributed by atoms with Crippen molar-refractivity contribution in [1.82, 2.24) is 9.88 Å². The number of nitrogens with one attached hydrogen (secondary N) is 1. The Balaban J connectivity index is 2.28. The lowest BCUT2D eigenvalue weighted by Gasteiger charge is -2.22. The van der Waals surface area contributed by atoms with Crippen LogP contribution in [0.1, 0.15) is 10.4 Å². The summed E-state index contributed by atoms with van der Waals surface area (Å²) in [6.07, 6.45) is 0. The standard InChI is InChI=1S/C15H11N3O6/c1-16-8-3-2-7-11-13(8)24-5-4-18(11)15(23)10(12(7)21)14(22)17-6-9(19)20/h2-3,21H,4-6H2,(H,17,22)(H,19,20). The summed E-state index contributed by atoms with van der Waals surface area (Å²) < 4.78 is 6.69. The highest BCUT2D eigenvalue weighted by Crippen LogP contribution is 2.40. The van der Waals surface area contributed by atoms with Crippen LogP contribution in [0.15, 0.2) is 16.9 Å². The summed E-state index contributed by atoms with van der Waals surface area (Å²) in [5.41, 5.74) is -0.869. The molecule has 0 atom stereocenters. The van der Waals surface area contributed by atoms with Crippen molar-refractivity contribution in [3.05, 3.63) is 39.5 Å². The Hall–Kier alpha value is -3.54. The van der Waals surface area contributed by atoms with Gasteiger partial charge in [0.05, 0.1) is 18.6 Å². The molecule has 0 saturated carbocycles. The summed E-state index contributed by atoms with van der Waals surface area (Å²) in [5, 5.41) is 21.2. The first-order chi connectivity index (χ1) is 11.5. The Bertz CT molecular complexity index is 986. The lowest BCUT2D eigenvalue weighted by molar-refractivity contribution is -0.135. The van der Waals surface area contributed by atoms with Gasteiger partial charge in [-0.15, -0.1) is 0 Å². The molecular weight excluding hydrogens is 318 g/mol. The zero-order chi connectivity index (χ0) is 17.4. The van der Waals surface area contributed by atoms with Crippen molar-refractivity contribution < 1.29 is 24.5 Å².